The molecule has 3 N–H and O–H groups in total. The third kappa shape index (κ3) is 5.88. The van der Waals surface area contributed by atoms with Gasteiger partial charge in [0.15, 0.2) is 6.10 Å². The number of rotatable bonds is 7. The molecule has 9 nitrogen and oxygen atoms in total. The maximum atomic E-state index is 12.0. The highest BCUT2D eigenvalue weighted by Crippen LogP contribution is 2.17. The Hall–Kier alpha value is -3.23. The van der Waals surface area contributed by atoms with Crippen LogP contribution in [0.3, 0.4) is 0 Å². The van der Waals surface area contributed by atoms with Crippen LogP contribution >= 0.6 is 0 Å². The van der Waals surface area contributed by atoms with E-state index in [1.807, 2.05) is 0 Å². The van der Waals surface area contributed by atoms with Crippen LogP contribution in [0.15, 0.2) is 29.1 Å². The number of imide groups is 1. The number of nitrogens with one attached hydrogen (secondary N) is 3. The van der Waals surface area contributed by atoms with Gasteiger partial charge in [-0.3, -0.25) is 19.7 Å². The number of esters is 1. The first-order valence-corrected chi connectivity index (χ1v) is 10.2. The molecule has 3 amide bonds. The lowest BCUT2D eigenvalue weighted by Crippen LogP contribution is -2.47. The lowest BCUT2D eigenvalue weighted by molar-refractivity contribution is -0.154. The van der Waals surface area contributed by atoms with E-state index < -0.39 is 24.0 Å². The quantitative estimate of drug-likeness (QED) is 0.594. The van der Waals surface area contributed by atoms with Crippen LogP contribution in [0.5, 0.6) is 0 Å². The first-order chi connectivity index (χ1) is 14.4. The second-order valence-electron chi connectivity index (χ2n) is 7.46. The van der Waals surface area contributed by atoms with Crippen molar-refractivity contribution in [3.8, 4) is 0 Å². The fourth-order valence-electron chi connectivity index (χ4n) is 3.47. The number of amides is 3. The summed E-state index contributed by atoms with van der Waals surface area (Å²) in [7, 11) is 0. The zero-order chi connectivity index (χ0) is 21.5. The van der Waals surface area contributed by atoms with Gasteiger partial charge in [-0.25, -0.2) is 9.78 Å². The first kappa shape index (κ1) is 21.5. The fraction of sp³-hybridized carbons (Fsp3) is 0.476. The van der Waals surface area contributed by atoms with E-state index in [2.05, 4.69) is 20.6 Å². The average Bonchev–Trinajstić information content (AvgIpc) is 3.20. The molecule has 30 heavy (non-hydrogen) atoms. The minimum Gasteiger partial charge on any atom is -0.453 e. The van der Waals surface area contributed by atoms with Crippen LogP contribution in [0.4, 0.5) is 4.79 Å². The molecular formula is C21H26N4O5. The predicted octanol–water partition coefficient (Wildman–Crippen LogP) is 1.95. The van der Waals surface area contributed by atoms with E-state index in [1.165, 1.54) is 6.92 Å². The number of aryl methyl sites for hydroxylation is 1. The summed E-state index contributed by atoms with van der Waals surface area (Å²) < 4.78 is 5.09. The molecule has 1 aliphatic carbocycles. The third-order valence-corrected chi connectivity index (χ3v) is 5.06. The molecule has 1 saturated carbocycles. The van der Waals surface area contributed by atoms with E-state index in [9.17, 15) is 19.2 Å². The van der Waals surface area contributed by atoms with Gasteiger partial charge >= 0.3 is 12.0 Å². The molecule has 1 aromatic carbocycles. The maximum absolute atomic E-state index is 12.0. The summed E-state index contributed by atoms with van der Waals surface area (Å²) in [4.78, 5) is 55.0. The van der Waals surface area contributed by atoms with E-state index in [0.717, 1.165) is 25.7 Å². The molecule has 1 fully saturated rings. The van der Waals surface area contributed by atoms with Gasteiger partial charge in [-0.2, -0.15) is 0 Å². The van der Waals surface area contributed by atoms with Gasteiger partial charge in [0, 0.05) is 18.9 Å². The van der Waals surface area contributed by atoms with Crippen molar-refractivity contribution in [3.05, 3.63) is 40.4 Å². The smallest absolute Gasteiger partial charge is 0.321 e. The van der Waals surface area contributed by atoms with Gasteiger partial charge in [0.05, 0.1) is 10.9 Å². The van der Waals surface area contributed by atoms with Gasteiger partial charge in [-0.15, -0.1) is 0 Å². The van der Waals surface area contributed by atoms with Crippen molar-refractivity contribution in [2.45, 2.75) is 64.0 Å². The van der Waals surface area contributed by atoms with Crippen LogP contribution in [0.1, 0.15) is 51.3 Å². The number of ether oxygens (including phenoxy) is 1. The van der Waals surface area contributed by atoms with Crippen molar-refractivity contribution in [1.82, 2.24) is 20.6 Å². The Morgan fingerprint density at radius 3 is 2.73 bits per heavy atom. The molecule has 0 bridgehead atoms. The molecule has 1 aromatic heterocycles. The van der Waals surface area contributed by atoms with E-state index in [0.29, 0.717) is 29.6 Å². The van der Waals surface area contributed by atoms with Gasteiger partial charge in [0.1, 0.15) is 5.82 Å². The van der Waals surface area contributed by atoms with E-state index in [1.54, 1.807) is 24.3 Å². The molecule has 1 unspecified atom stereocenters. The minimum absolute atomic E-state index is 0.0580. The molecule has 0 saturated heterocycles. The zero-order valence-electron chi connectivity index (χ0n) is 16.9. The molecule has 1 aliphatic rings. The number of aromatic nitrogens is 2. The Morgan fingerprint density at radius 1 is 1.23 bits per heavy atom. The standard InChI is InChI=1S/C21H26N4O5/c1-13(19(27)25-21(29)22-14-7-2-3-8-14)30-18(26)12-6-11-17-23-16-10-5-4-9-15(16)20(28)24-17/h4-5,9-10,13-14H,2-3,6-8,11-12H2,1H3,(H,23,24,28)(H2,22,25,27,29). The number of urea groups is 1. The van der Waals surface area contributed by atoms with Crippen LogP contribution in [-0.2, 0) is 20.7 Å². The average molecular weight is 414 g/mol. The Kier molecular flexibility index (Phi) is 7.16. The van der Waals surface area contributed by atoms with Crippen molar-refractivity contribution in [1.29, 1.82) is 0 Å². The molecular weight excluding hydrogens is 388 g/mol. The van der Waals surface area contributed by atoms with E-state index >= 15 is 0 Å². The summed E-state index contributed by atoms with van der Waals surface area (Å²) >= 11 is 0. The van der Waals surface area contributed by atoms with Crippen LogP contribution in [0.2, 0.25) is 0 Å². The molecule has 3 rings (SSSR count). The Labute approximate surface area is 173 Å². The highest BCUT2D eigenvalue weighted by Gasteiger charge is 2.22. The molecule has 0 spiro atoms. The number of H-pyrrole nitrogens is 1. The molecule has 1 heterocycles. The number of benzene rings is 1. The van der Waals surface area contributed by atoms with E-state index in [-0.39, 0.29) is 18.0 Å². The number of aromatic amines is 1. The SMILES string of the molecule is CC(OC(=O)CCCc1nc2ccccc2c(=O)[nH]1)C(=O)NC(=O)NC1CCCC1. The fourth-order valence-corrected chi connectivity index (χ4v) is 3.47. The van der Waals surface area contributed by atoms with Crippen molar-refractivity contribution >= 4 is 28.8 Å². The lowest BCUT2D eigenvalue weighted by atomic mass is 10.2. The van der Waals surface area contributed by atoms with Gasteiger partial charge in [0.2, 0.25) is 0 Å². The molecule has 0 aliphatic heterocycles. The van der Waals surface area contributed by atoms with Crippen molar-refractivity contribution in [3.63, 3.8) is 0 Å². The normalized spacial score (nSPS) is 15.0. The van der Waals surface area contributed by atoms with Crippen LogP contribution in [0, 0.1) is 0 Å². The topological polar surface area (TPSA) is 130 Å². The number of nitrogens with zero attached hydrogens (tertiary/aromatic N) is 1. The summed E-state index contributed by atoms with van der Waals surface area (Å²) in [5.74, 6) is -0.739. The molecule has 9 heteroatoms. The minimum atomic E-state index is -1.08. The third-order valence-electron chi connectivity index (χ3n) is 5.06. The summed E-state index contributed by atoms with van der Waals surface area (Å²) in [6.07, 6.45) is 3.71. The second-order valence-corrected chi connectivity index (χ2v) is 7.46. The second kappa shape index (κ2) is 10.00. The first-order valence-electron chi connectivity index (χ1n) is 10.2. The lowest BCUT2D eigenvalue weighted by Gasteiger charge is -2.15. The van der Waals surface area contributed by atoms with Crippen molar-refractivity contribution in [2.75, 3.05) is 0 Å². The number of fused-ring (bicyclic) bond motifs is 1. The highest BCUT2D eigenvalue weighted by molar-refractivity contribution is 5.97. The Morgan fingerprint density at radius 2 is 1.97 bits per heavy atom. The summed E-state index contributed by atoms with van der Waals surface area (Å²) in [6.45, 7) is 1.42. The number of carbonyl (C=O) groups is 3. The van der Waals surface area contributed by atoms with Gasteiger partial charge < -0.3 is 15.0 Å². The Bertz CT molecular complexity index is 981. The number of para-hydroxylation sites is 1. The summed E-state index contributed by atoms with van der Waals surface area (Å²) in [6, 6.07) is 6.54. The maximum Gasteiger partial charge on any atom is 0.321 e. The summed E-state index contributed by atoms with van der Waals surface area (Å²) in [5, 5.41) is 5.45. The van der Waals surface area contributed by atoms with Crippen molar-refractivity contribution < 1.29 is 19.1 Å². The summed E-state index contributed by atoms with van der Waals surface area (Å²) in [5.41, 5.74) is 0.374. The molecule has 0 radical (unpaired) electrons. The largest absolute Gasteiger partial charge is 0.453 e. The monoisotopic (exact) mass is 414 g/mol. The highest BCUT2D eigenvalue weighted by atomic mass is 16.5. The van der Waals surface area contributed by atoms with Crippen molar-refractivity contribution in [2.24, 2.45) is 0 Å². The number of carbonyl (C=O) groups excluding carboxylic acids is 3. The molecule has 160 valence electrons. The number of hydrogen-bond donors (Lipinski definition) is 3. The molecule has 1 atom stereocenters. The molecule has 2 aromatic rings. The van der Waals surface area contributed by atoms with Crippen LogP contribution < -0.4 is 16.2 Å². The van der Waals surface area contributed by atoms with E-state index in [4.69, 9.17) is 4.74 Å². The number of hydrogen-bond acceptors (Lipinski definition) is 6. The Balaban J connectivity index is 1.41. The zero-order valence-corrected chi connectivity index (χ0v) is 16.9. The van der Waals surface area contributed by atoms with Gasteiger partial charge in [-0.05, 0) is 38.3 Å². The van der Waals surface area contributed by atoms with Crippen LogP contribution in [0.25, 0.3) is 10.9 Å². The van der Waals surface area contributed by atoms with Gasteiger partial charge in [-0.1, -0.05) is 25.0 Å². The van der Waals surface area contributed by atoms with Gasteiger partial charge in [0.25, 0.3) is 11.5 Å². The van der Waals surface area contributed by atoms with Crippen LogP contribution in [-0.4, -0.2) is 40.0 Å². The predicted molar refractivity (Wildman–Crippen MR) is 110 cm³/mol.